The molecule has 0 aromatic carbocycles. The van der Waals surface area contributed by atoms with Crippen LogP contribution < -0.4 is 0 Å². The monoisotopic (exact) mass is 1120 g/mol. The van der Waals surface area contributed by atoms with E-state index < -0.39 is 26.5 Å². The zero-order chi connectivity index (χ0) is 57.0. The minimum absolute atomic E-state index is 0.0355. The number of hydrogen-bond acceptors (Lipinski definition) is 7. The van der Waals surface area contributed by atoms with Gasteiger partial charge in [-0.15, -0.1) is 0 Å². The highest BCUT2D eigenvalue weighted by Gasteiger charge is 2.27. The summed E-state index contributed by atoms with van der Waals surface area (Å²) in [6, 6.07) is 0. The third kappa shape index (κ3) is 63.7. The van der Waals surface area contributed by atoms with Gasteiger partial charge >= 0.3 is 19.8 Å². The number of phosphoric ester groups is 1. The summed E-state index contributed by atoms with van der Waals surface area (Å²) in [6.45, 7) is 4.50. The molecule has 1 N–H and O–H groups in total. The van der Waals surface area contributed by atoms with Crippen molar-refractivity contribution in [2.75, 3.05) is 47.5 Å². The van der Waals surface area contributed by atoms with Gasteiger partial charge in [0.05, 0.1) is 27.7 Å². The number of hydrogen-bond donors (Lipinski definition) is 1. The summed E-state index contributed by atoms with van der Waals surface area (Å²) in [5.41, 5.74) is 0. The number of nitrogens with zero attached hydrogens (tertiary/aromatic N) is 1. The highest BCUT2D eigenvalue weighted by molar-refractivity contribution is 7.47. The van der Waals surface area contributed by atoms with Gasteiger partial charge in [0.2, 0.25) is 0 Å². The second kappa shape index (κ2) is 60.1. The molecule has 78 heavy (non-hydrogen) atoms. The molecule has 2 unspecified atom stereocenters. The van der Waals surface area contributed by atoms with Gasteiger partial charge in [-0.2, -0.15) is 0 Å². The van der Waals surface area contributed by atoms with Gasteiger partial charge in [-0.05, 0) is 44.9 Å². The maximum Gasteiger partial charge on any atom is 0.472 e. The smallest absolute Gasteiger partial charge is 0.462 e. The molecule has 0 aliphatic carbocycles. The van der Waals surface area contributed by atoms with E-state index in [2.05, 4.69) is 38.2 Å². The molecule has 10 heteroatoms. The van der Waals surface area contributed by atoms with Crippen LogP contribution in [-0.2, 0) is 32.7 Å². The van der Waals surface area contributed by atoms with Crippen molar-refractivity contribution in [1.82, 2.24) is 0 Å². The van der Waals surface area contributed by atoms with Crippen LogP contribution in [0.5, 0.6) is 0 Å². The summed E-state index contributed by atoms with van der Waals surface area (Å²) in [5, 5.41) is 0. The number of quaternary nitrogens is 1. The molecule has 0 amide bonds. The van der Waals surface area contributed by atoms with Crippen molar-refractivity contribution in [3.8, 4) is 0 Å². The Labute approximate surface area is 485 Å². The minimum atomic E-state index is -4.39. The highest BCUT2D eigenvalue weighted by atomic mass is 31.2. The van der Waals surface area contributed by atoms with Gasteiger partial charge in [0.15, 0.2) is 6.10 Å². The van der Waals surface area contributed by atoms with E-state index in [-0.39, 0.29) is 25.6 Å². The zero-order valence-corrected chi connectivity index (χ0v) is 53.6. The van der Waals surface area contributed by atoms with Crippen LogP contribution in [0.1, 0.15) is 348 Å². The number of likely N-dealkylation sites (N-methyl/N-ethyl adjacent to an activating group) is 1. The van der Waals surface area contributed by atoms with E-state index in [9.17, 15) is 19.0 Å². The summed E-state index contributed by atoms with van der Waals surface area (Å²) in [6.07, 6.45) is 74.2. The van der Waals surface area contributed by atoms with E-state index in [0.29, 0.717) is 23.9 Å². The number of ether oxygens (including phenoxy) is 2. The van der Waals surface area contributed by atoms with Crippen molar-refractivity contribution in [2.45, 2.75) is 354 Å². The molecule has 0 aliphatic heterocycles. The van der Waals surface area contributed by atoms with Crippen molar-refractivity contribution < 1.29 is 42.1 Å². The molecule has 462 valence electrons. The van der Waals surface area contributed by atoms with E-state index in [1.807, 2.05) is 21.1 Å². The lowest BCUT2D eigenvalue weighted by Crippen LogP contribution is -2.37. The number of allylic oxidation sites excluding steroid dienone is 4. The highest BCUT2D eigenvalue weighted by Crippen LogP contribution is 2.43. The molecule has 0 rings (SSSR count). The lowest BCUT2D eigenvalue weighted by Gasteiger charge is -2.24. The molecule has 0 radical (unpaired) electrons. The van der Waals surface area contributed by atoms with Gasteiger partial charge in [0.1, 0.15) is 19.8 Å². The fraction of sp³-hybridized carbons (Fsp3) is 0.912. The van der Waals surface area contributed by atoms with Gasteiger partial charge in [0.25, 0.3) is 0 Å². The SMILES string of the molecule is CCCCCCC/C=C\C/C=C\CCCCCCCCCCCCCCCCCCCC(=O)OC(COC(=O)CCCCCCCCCCCCCCCCCCCCCCCCCCC)COP(=O)(O)OCC[N+](C)(C)C. The molecule has 0 spiro atoms. The summed E-state index contributed by atoms with van der Waals surface area (Å²) in [5.74, 6) is -0.774. The van der Waals surface area contributed by atoms with Crippen LogP contribution in [0.2, 0.25) is 0 Å². The van der Waals surface area contributed by atoms with Gasteiger partial charge < -0.3 is 18.9 Å². The van der Waals surface area contributed by atoms with Crippen molar-refractivity contribution in [2.24, 2.45) is 0 Å². The van der Waals surface area contributed by atoms with E-state index in [1.165, 1.54) is 276 Å². The van der Waals surface area contributed by atoms with Crippen LogP contribution in [0.25, 0.3) is 0 Å². The maximum atomic E-state index is 12.9. The van der Waals surface area contributed by atoms with Crippen LogP contribution in [0, 0.1) is 0 Å². The molecule has 0 bridgehead atoms. The normalized spacial score (nSPS) is 13.3. The predicted octanol–water partition coefficient (Wildman–Crippen LogP) is 21.7. The lowest BCUT2D eigenvalue weighted by molar-refractivity contribution is -0.870. The summed E-state index contributed by atoms with van der Waals surface area (Å²) in [4.78, 5) is 35.8. The summed E-state index contributed by atoms with van der Waals surface area (Å²) < 4.78 is 34.7. The fourth-order valence-electron chi connectivity index (χ4n) is 10.2. The quantitative estimate of drug-likeness (QED) is 0.0211. The Morgan fingerprint density at radius 1 is 0.397 bits per heavy atom. The first-order valence-corrected chi connectivity index (χ1v) is 35.6. The van der Waals surface area contributed by atoms with Gasteiger partial charge in [-0.3, -0.25) is 18.6 Å². The predicted molar refractivity (Wildman–Crippen MR) is 335 cm³/mol. The van der Waals surface area contributed by atoms with Crippen LogP contribution >= 0.6 is 7.82 Å². The largest absolute Gasteiger partial charge is 0.472 e. The Kier molecular flexibility index (Phi) is 58.9. The Bertz CT molecular complexity index is 1370. The first-order chi connectivity index (χ1) is 38.0. The molecular weight excluding hydrogens is 990 g/mol. The molecule has 0 aromatic rings. The van der Waals surface area contributed by atoms with Crippen molar-refractivity contribution >= 4 is 19.8 Å². The summed E-state index contributed by atoms with van der Waals surface area (Å²) in [7, 11) is 1.50. The zero-order valence-electron chi connectivity index (χ0n) is 52.7. The van der Waals surface area contributed by atoms with Gasteiger partial charge in [-0.25, -0.2) is 4.57 Å². The van der Waals surface area contributed by atoms with E-state index in [4.69, 9.17) is 18.5 Å². The second-order valence-electron chi connectivity index (χ2n) is 24.6. The number of esters is 2. The molecule has 0 saturated heterocycles. The topological polar surface area (TPSA) is 108 Å². The minimum Gasteiger partial charge on any atom is -0.462 e. The Morgan fingerprint density at radius 2 is 0.692 bits per heavy atom. The Morgan fingerprint density at radius 3 is 1.01 bits per heavy atom. The third-order valence-corrected chi connectivity index (χ3v) is 16.5. The van der Waals surface area contributed by atoms with Crippen LogP contribution in [0.4, 0.5) is 0 Å². The second-order valence-corrected chi connectivity index (χ2v) is 26.0. The van der Waals surface area contributed by atoms with Gasteiger partial charge in [0, 0.05) is 12.8 Å². The first-order valence-electron chi connectivity index (χ1n) is 34.1. The fourth-order valence-corrected chi connectivity index (χ4v) is 11.0. The van der Waals surface area contributed by atoms with Crippen LogP contribution in [-0.4, -0.2) is 74.9 Å². The third-order valence-electron chi connectivity index (χ3n) is 15.5. The van der Waals surface area contributed by atoms with Crippen LogP contribution in [0.15, 0.2) is 24.3 Å². The van der Waals surface area contributed by atoms with Crippen LogP contribution in [0.3, 0.4) is 0 Å². The van der Waals surface area contributed by atoms with E-state index in [0.717, 1.165) is 38.5 Å². The van der Waals surface area contributed by atoms with Gasteiger partial charge in [-0.1, -0.05) is 314 Å². The molecule has 2 atom stereocenters. The van der Waals surface area contributed by atoms with Crippen molar-refractivity contribution in [1.29, 1.82) is 0 Å². The number of rotatable bonds is 64. The molecule has 0 aromatic heterocycles. The average Bonchev–Trinajstić information content (AvgIpc) is 3.41. The first kappa shape index (κ1) is 76.5. The molecule has 0 heterocycles. The molecule has 0 fully saturated rings. The lowest BCUT2D eigenvalue weighted by atomic mass is 10.0. The molecule has 9 nitrogen and oxygen atoms in total. The van der Waals surface area contributed by atoms with Crippen molar-refractivity contribution in [3.63, 3.8) is 0 Å². The number of unbranched alkanes of at least 4 members (excludes halogenated alkanes) is 46. The maximum absolute atomic E-state index is 12.9. The van der Waals surface area contributed by atoms with E-state index >= 15 is 0 Å². The van der Waals surface area contributed by atoms with E-state index in [1.54, 1.807) is 0 Å². The number of phosphoric acid groups is 1. The molecule has 0 saturated carbocycles. The van der Waals surface area contributed by atoms with Crippen molar-refractivity contribution in [3.05, 3.63) is 24.3 Å². The average molecular weight is 1120 g/mol. The standard InChI is InChI=1S/C68H132NO8P/c1-6-8-10-12-14-16-18-20-22-24-26-28-30-32-33-34-35-37-39-41-43-45-47-49-51-53-55-57-59-61-68(71)77-66(65-76-78(72,73)75-63-62-69(3,4)5)64-74-67(70)60-58-56-54-52-50-48-46-44-42-40-38-36-31-29-27-25-23-21-19-17-15-13-11-9-7-2/h18,20,24,26,66H,6-17,19,21-23,25,27-65H2,1-5H3/p+1/b20-18-,26-24-. The Balaban J connectivity index is 4.01. The number of carbonyl (C=O) groups is 2. The Hall–Kier alpha value is -1.51. The molecule has 0 aliphatic rings. The molecular formula is C68H133NO8P+. The summed E-state index contributed by atoms with van der Waals surface area (Å²) >= 11 is 0. The number of carbonyl (C=O) groups excluding carboxylic acids is 2.